The number of methoxy groups -OCH3 is 1. The summed E-state index contributed by atoms with van der Waals surface area (Å²) in [5, 5.41) is 4.41. The quantitative estimate of drug-likeness (QED) is 0.629. The Balaban J connectivity index is 1.74. The first-order valence-electron chi connectivity index (χ1n) is 9.67. The second-order valence-electron chi connectivity index (χ2n) is 7.26. The molecule has 3 rings (SSSR count). The highest BCUT2D eigenvalue weighted by Crippen LogP contribution is 2.31. The fourth-order valence-electron chi connectivity index (χ4n) is 3.87. The molecule has 0 amide bonds. The van der Waals surface area contributed by atoms with Gasteiger partial charge in [0.05, 0.1) is 7.11 Å². The third-order valence-corrected chi connectivity index (χ3v) is 7.41. The molecule has 0 aliphatic carbocycles. The zero-order valence-electron chi connectivity index (χ0n) is 16.2. The molecular weight excluding hydrogens is 422 g/mol. The van der Waals surface area contributed by atoms with Crippen LogP contribution in [0.2, 0.25) is 0 Å². The van der Waals surface area contributed by atoms with Gasteiger partial charge in [0, 0.05) is 47.3 Å². The zero-order valence-corrected chi connectivity index (χ0v) is 18.6. The highest BCUT2D eigenvalue weighted by molar-refractivity contribution is 9.10. The van der Waals surface area contributed by atoms with Crippen LogP contribution in [0.15, 0.2) is 39.5 Å². The van der Waals surface area contributed by atoms with Crippen molar-refractivity contribution in [1.82, 2.24) is 4.90 Å². The Morgan fingerprint density at radius 1 is 1.26 bits per heavy atom. The van der Waals surface area contributed by atoms with Gasteiger partial charge >= 0.3 is 0 Å². The minimum atomic E-state index is 0.548. The number of halogens is 1. The monoisotopic (exact) mass is 451 g/mol. The molecule has 1 aliphatic rings. The molecule has 2 heterocycles. The summed E-state index contributed by atoms with van der Waals surface area (Å²) in [4.78, 5) is 5.16. The number of hydrogen-bond acceptors (Lipinski definition) is 5. The lowest BCUT2D eigenvalue weighted by molar-refractivity contribution is 0.154. The summed E-state index contributed by atoms with van der Waals surface area (Å²) in [7, 11) is 1.72. The Morgan fingerprint density at radius 2 is 1.96 bits per heavy atom. The number of ether oxygens (including phenoxy) is 1. The Morgan fingerprint density at radius 3 is 2.52 bits per heavy atom. The maximum absolute atomic E-state index is 5.75. The molecule has 4 nitrogen and oxygen atoms in total. The molecular formula is C21H30BrN3OS. The molecule has 1 fully saturated rings. The maximum Gasteiger partial charge on any atom is 0.119 e. The molecule has 2 aromatic rings. The largest absolute Gasteiger partial charge is 0.497 e. The number of rotatable bonds is 8. The topological polar surface area (TPSA) is 41.7 Å². The van der Waals surface area contributed by atoms with Gasteiger partial charge in [-0.2, -0.15) is 11.3 Å². The normalized spacial score (nSPS) is 17.0. The SMILES string of the molecule is COc1ccc(N(Cc2cscc2Br)C2CCN([C@H](C)CCN)CC2)cc1. The van der Waals surface area contributed by atoms with Crippen molar-refractivity contribution in [3.05, 3.63) is 45.1 Å². The van der Waals surface area contributed by atoms with Gasteiger partial charge in [0.25, 0.3) is 0 Å². The summed E-state index contributed by atoms with van der Waals surface area (Å²) >= 11 is 5.46. The molecule has 1 aliphatic heterocycles. The van der Waals surface area contributed by atoms with E-state index in [-0.39, 0.29) is 0 Å². The molecule has 1 aromatic heterocycles. The maximum atomic E-state index is 5.75. The lowest BCUT2D eigenvalue weighted by atomic mass is 9.99. The molecule has 0 bridgehead atoms. The highest BCUT2D eigenvalue weighted by Gasteiger charge is 2.27. The molecule has 27 heavy (non-hydrogen) atoms. The minimum Gasteiger partial charge on any atom is -0.497 e. The van der Waals surface area contributed by atoms with E-state index in [9.17, 15) is 0 Å². The summed E-state index contributed by atoms with van der Waals surface area (Å²) in [5.74, 6) is 0.904. The number of likely N-dealkylation sites (tertiary alicyclic amines) is 1. The summed E-state index contributed by atoms with van der Waals surface area (Å²) in [6.45, 7) is 6.29. The van der Waals surface area contributed by atoms with Crippen LogP contribution in [0.4, 0.5) is 5.69 Å². The van der Waals surface area contributed by atoms with E-state index in [1.165, 1.54) is 28.6 Å². The van der Waals surface area contributed by atoms with Crippen LogP contribution in [-0.4, -0.2) is 43.7 Å². The molecule has 0 saturated carbocycles. The van der Waals surface area contributed by atoms with E-state index in [4.69, 9.17) is 10.5 Å². The van der Waals surface area contributed by atoms with Crippen molar-refractivity contribution in [2.45, 2.75) is 44.8 Å². The molecule has 0 unspecified atom stereocenters. The second kappa shape index (κ2) is 9.92. The standard InChI is InChI=1S/C21H30BrN3OS/c1-16(7-10-23)24-11-8-19(9-12-24)25(13-17-14-27-15-21(17)22)18-3-5-20(26-2)6-4-18/h3-6,14-16,19H,7-13,23H2,1-2H3/t16-/m1/s1. The van der Waals surface area contributed by atoms with Gasteiger partial charge in [-0.3, -0.25) is 0 Å². The third kappa shape index (κ3) is 5.25. The number of hydrogen-bond donors (Lipinski definition) is 1. The smallest absolute Gasteiger partial charge is 0.119 e. The number of benzene rings is 1. The van der Waals surface area contributed by atoms with Crippen molar-refractivity contribution in [2.24, 2.45) is 5.73 Å². The molecule has 1 saturated heterocycles. The fraction of sp³-hybridized carbons (Fsp3) is 0.524. The van der Waals surface area contributed by atoms with Crippen LogP contribution in [0.1, 0.15) is 31.7 Å². The van der Waals surface area contributed by atoms with Crippen molar-refractivity contribution >= 4 is 33.0 Å². The first kappa shape index (κ1) is 20.6. The van der Waals surface area contributed by atoms with E-state index in [2.05, 4.69) is 67.7 Å². The van der Waals surface area contributed by atoms with Crippen LogP contribution in [0.5, 0.6) is 5.75 Å². The lowest BCUT2D eigenvalue weighted by Gasteiger charge is -2.42. The van der Waals surface area contributed by atoms with Crippen molar-refractivity contribution in [1.29, 1.82) is 0 Å². The molecule has 2 N–H and O–H groups in total. The molecule has 6 heteroatoms. The number of nitrogens with zero attached hydrogens (tertiary/aromatic N) is 2. The van der Waals surface area contributed by atoms with Gasteiger partial charge in [0.2, 0.25) is 0 Å². The van der Waals surface area contributed by atoms with Crippen LogP contribution < -0.4 is 15.4 Å². The Bertz CT molecular complexity index is 698. The van der Waals surface area contributed by atoms with E-state index in [1.807, 2.05) is 0 Å². The minimum absolute atomic E-state index is 0.548. The summed E-state index contributed by atoms with van der Waals surface area (Å²) < 4.78 is 6.55. The van der Waals surface area contributed by atoms with Crippen LogP contribution >= 0.6 is 27.3 Å². The van der Waals surface area contributed by atoms with Crippen LogP contribution in [0.25, 0.3) is 0 Å². The molecule has 0 radical (unpaired) electrons. The zero-order chi connectivity index (χ0) is 19.2. The van der Waals surface area contributed by atoms with Gasteiger partial charge in [-0.1, -0.05) is 0 Å². The van der Waals surface area contributed by atoms with Gasteiger partial charge in [-0.15, -0.1) is 0 Å². The summed E-state index contributed by atoms with van der Waals surface area (Å²) in [6.07, 6.45) is 3.44. The first-order chi connectivity index (χ1) is 13.1. The van der Waals surface area contributed by atoms with Crippen molar-refractivity contribution < 1.29 is 4.74 Å². The summed E-state index contributed by atoms with van der Waals surface area (Å²) in [5.41, 5.74) is 8.37. The average Bonchev–Trinajstić information content (AvgIpc) is 3.11. The predicted molar refractivity (Wildman–Crippen MR) is 119 cm³/mol. The number of nitrogens with two attached hydrogens (primary N) is 1. The van der Waals surface area contributed by atoms with E-state index in [0.29, 0.717) is 12.1 Å². The highest BCUT2D eigenvalue weighted by atomic mass is 79.9. The van der Waals surface area contributed by atoms with Crippen LogP contribution in [0, 0.1) is 0 Å². The first-order valence-corrected chi connectivity index (χ1v) is 11.4. The molecule has 1 aromatic carbocycles. The van der Waals surface area contributed by atoms with Crippen molar-refractivity contribution in [2.75, 3.05) is 31.6 Å². The Labute approximate surface area is 175 Å². The molecule has 0 spiro atoms. The van der Waals surface area contributed by atoms with Gasteiger partial charge in [-0.25, -0.2) is 0 Å². The number of thiophene rings is 1. The number of anilines is 1. The van der Waals surface area contributed by atoms with E-state index >= 15 is 0 Å². The van der Waals surface area contributed by atoms with Crippen LogP contribution in [-0.2, 0) is 6.54 Å². The Hall–Kier alpha value is -1.08. The van der Waals surface area contributed by atoms with E-state index < -0.39 is 0 Å². The predicted octanol–water partition coefficient (Wildman–Crippen LogP) is 4.73. The van der Waals surface area contributed by atoms with Crippen LogP contribution in [0.3, 0.4) is 0 Å². The van der Waals surface area contributed by atoms with Gasteiger partial charge in [0.15, 0.2) is 0 Å². The average molecular weight is 452 g/mol. The summed E-state index contributed by atoms with van der Waals surface area (Å²) in [6, 6.07) is 9.61. The van der Waals surface area contributed by atoms with E-state index in [0.717, 1.165) is 38.3 Å². The Kier molecular flexibility index (Phi) is 7.58. The fourth-order valence-corrected chi connectivity index (χ4v) is 5.29. The van der Waals surface area contributed by atoms with Crippen molar-refractivity contribution in [3.63, 3.8) is 0 Å². The molecule has 1 atom stereocenters. The number of piperidine rings is 1. The van der Waals surface area contributed by atoms with E-state index in [1.54, 1.807) is 18.4 Å². The van der Waals surface area contributed by atoms with Crippen molar-refractivity contribution in [3.8, 4) is 5.75 Å². The van der Waals surface area contributed by atoms with Gasteiger partial charge < -0.3 is 20.3 Å². The van der Waals surface area contributed by atoms with Gasteiger partial charge in [-0.05, 0) is 83.9 Å². The second-order valence-corrected chi connectivity index (χ2v) is 8.86. The molecule has 148 valence electrons. The third-order valence-electron chi connectivity index (χ3n) is 5.58. The lowest BCUT2D eigenvalue weighted by Crippen LogP contribution is -2.47. The van der Waals surface area contributed by atoms with Gasteiger partial charge in [0.1, 0.15) is 5.75 Å².